The van der Waals surface area contributed by atoms with Crippen LogP contribution in [0, 0.1) is 0 Å². The van der Waals surface area contributed by atoms with Gasteiger partial charge in [-0.25, -0.2) is 0 Å². The standard InChI is InChI=1S/C13H13NO2/c1-3-16-9(2)10-4-5-12-11(8-10)6-7-14-13(12)15/h4-8H,2-3H2,1H3,(H,14,15). The number of rotatable bonds is 3. The number of aromatic amines is 1. The van der Waals surface area contributed by atoms with E-state index in [1.165, 1.54) is 0 Å². The molecule has 0 fully saturated rings. The highest BCUT2D eigenvalue weighted by molar-refractivity contribution is 5.84. The van der Waals surface area contributed by atoms with Crippen LogP contribution in [0.1, 0.15) is 12.5 Å². The van der Waals surface area contributed by atoms with Gasteiger partial charge in [-0.3, -0.25) is 4.79 Å². The molecule has 1 aromatic carbocycles. The molecule has 0 aliphatic heterocycles. The largest absolute Gasteiger partial charge is 0.494 e. The second-order valence-electron chi connectivity index (χ2n) is 3.47. The zero-order valence-electron chi connectivity index (χ0n) is 9.12. The third-order valence-corrected chi connectivity index (χ3v) is 2.41. The third kappa shape index (κ3) is 1.84. The van der Waals surface area contributed by atoms with Crippen molar-refractivity contribution in [2.24, 2.45) is 0 Å². The van der Waals surface area contributed by atoms with Crippen LogP contribution in [0.5, 0.6) is 0 Å². The van der Waals surface area contributed by atoms with E-state index in [1.807, 2.05) is 25.1 Å². The number of benzene rings is 1. The van der Waals surface area contributed by atoms with Crippen LogP contribution < -0.4 is 5.56 Å². The first-order valence-electron chi connectivity index (χ1n) is 5.16. The lowest BCUT2D eigenvalue weighted by atomic mass is 10.1. The van der Waals surface area contributed by atoms with Crippen molar-refractivity contribution in [3.8, 4) is 0 Å². The van der Waals surface area contributed by atoms with Crippen LogP contribution in [0.15, 0.2) is 41.8 Å². The summed E-state index contributed by atoms with van der Waals surface area (Å²) < 4.78 is 5.33. The number of hydrogen-bond acceptors (Lipinski definition) is 2. The Hall–Kier alpha value is -2.03. The number of hydrogen-bond donors (Lipinski definition) is 1. The summed E-state index contributed by atoms with van der Waals surface area (Å²) in [6.45, 7) is 6.34. The maximum Gasteiger partial charge on any atom is 0.255 e. The Bertz CT molecular complexity index is 584. The highest BCUT2D eigenvalue weighted by atomic mass is 16.5. The minimum atomic E-state index is -0.0777. The van der Waals surface area contributed by atoms with Crippen molar-refractivity contribution in [2.45, 2.75) is 6.92 Å². The molecular formula is C13H13NO2. The van der Waals surface area contributed by atoms with Gasteiger partial charge >= 0.3 is 0 Å². The van der Waals surface area contributed by atoms with E-state index in [0.717, 1.165) is 10.9 Å². The average molecular weight is 215 g/mol. The van der Waals surface area contributed by atoms with Crippen LogP contribution >= 0.6 is 0 Å². The average Bonchev–Trinajstić information content (AvgIpc) is 2.29. The lowest BCUT2D eigenvalue weighted by molar-refractivity contribution is 0.299. The molecule has 1 aromatic heterocycles. The van der Waals surface area contributed by atoms with Gasteiger partial charge in [0.2, 0.25) is 0 Å². The lowest BCUT2D eigenvalue weighted by Crippen LogP contribution is -2.04. The summed E-state index contributed by atoms with van der Waals surface area (Å²) in [6, 6.07) is 7.39. The van der Waals surface area contributed by atoms with E-state index in [9.17, 15) is 4.79 Å². The maximum atomic E-state index is 11.5. The molecule has 0 unspecified atom stereocenters. The second-order valence-corrected chi connectivity index (χ2v) is 3.47. The van der Waals surface area contributed by atoms with Crippen LogP contribution in [0.2, 0.25) is 0 Å². The predicted octanol–water partition coefficient (Wildman–Crippen LogP) is 2.54. The van der Waals surface area contributed by atoms with Crippen molar-refractivity contribution in [2.75, 3.05) is 6.61 Å². The maximum absolute atomic E-state index is 11.5. The summed E-state index contributed by atoms with van der Waals surface area (Å²) in [4.78, 5) is 14.1. The predicted molar refractivity (Wildman–Crippen MR) is 65.2 cm³/mol. The first kappa shape index (κ1) is 10.5. The van der Waals surface area contributed by atoms with Crippen LogP contribution in [-0.2, 0) is 4.74 Å². The van der Waals surface area contributed by atoms with E-state index in [1.54, 1.807) is 12.3 Å². The van der Waals surface area contributed by atoms with Gasteiger partial charge in [0, 0.05) is 17.1 Å². The van der Waals surface area contributed by atoms with Crippen molar-refractivity contribution < 1.29 is 4.74 Å². The van der Waals surface area contributed by atoms with E-state index in [2.05, 4.69) is 11.6 Å². The van der Waals surface area contributed by atoms with Crippen LogP contribution in [0.4, 0.5) is 0 Å². The Morgan fingerprint density at radius 1 is 1.44 bits per heavy atom. The van der Waals surface area contributed by atoms with Gasteiger partial charge in [0.05, 0.1) is 6.61 Å². The minimum absolute atomic E-state index is 0.0777. The molecule has 2 rings (SSSR count). The fraction of sp³-hybridized carbons (Fsp3) is 0.154. The molecule has 0 aliphatic carbocycles. The number of pyridine rings is 1. The summed E-state index contributed by atoms with van der Waals surface area (Å²) >= 11 is 0. The smallest absolute Gasteiger partial charge is 0.255 e. The summed E-state index contributed by atoms with van der Waals surface area (Å²) in [5.41, 5.74) is 0.825. The zero-order valence-corrected chi connectivity index (χ0v) is 9.12. The Morgan fingerprint density at radius 3 is 3.00 bits per heavy atom. The van der Waals surface area contributed by atoms with Gasteiger partial charge in [-0.2, -0.15) is 0 Å². The van der Waals surface area contributed by atoms with Gasteiger partial charge in [-0.15, -0.1) is 0 Å². The van der Waals surface area contributed by atoms with E-state index in [-0.39, 0.29) is 5.56 Å². The molecule has 0 aliphatic rings. The zero-order chi connectivity index (χ0) is 11.5. The topological polar surface area (TPSA) is 42.1 Å². The van der Waals surface area contributed by atoms with E-state index in [0.29, 0.717) is 17.8 Å². The van der Waals surface area contributed by atoms with Crippen LogP contribution in [0.25, 0.3) is 16.5 Å². The van der Waals surface area contributed by atoms with Crippen molar-refractivity contribution in [1.29, 1.82) is 0 Å². The molecule has 3 nitrogen and oxygen atoms in total. The molecule has 0 radical (unpaired) electrons. The highest BCUT2D eigenvalue weighted by Crippen LogP contribution is 2.18. The summed E-state index contributed by atoms with van der Waals surface area (Å²) in [5.74, 6) is 0.629. The molecule has 0 saturated carbocycles. The fourth-order valence-electron chi connectivity index (χ4n) is 1.62. The van der Waals surface area contributed by atoms with Crippen molar-refractivity contribution in [1.82, 2.24) is 4.98 Å². The SMILES string of the molecule is C=C(OCC)c1ccc2c(=O)[nH]ccc2c1. The lowest BCUT2D eigenvalue weighted by Gasteiger charge is -2.07. The van der Waals surface area contributed by atoms with E-state index < -0.39 is 0 Å². The van der Waals surface area contributed by atoms with Gasteiger partial charge in [-0.1, -0.05) is 12.6 Å². The van der Waals surface area contributed by atoms with Gasteiger partial charge in [0.1, 0.15) is 5.76 Å². The van der Waals surface area contributed by atoms with Crippen LogP contribution in [0.3, 0.4) is 0 Å². The van der Waals surface area contributed by atoms with Crippen molar-refractivity contribution in [3.63, 3.8) is 0 Å². The van der Waals surface area contributed by atoms with Gasteiger partial charge in [0.15, 0.2) is 0 Å². The molecule has 82 valence electrons. The number of aromatic nitrogens is 1. The minimum Gasteiger partial charge on any atom is -0.494 e. The first-order valence-corrected chi connectivity index (χ1v) is 5.16. The van der Waals surface area contributed by atoms with Crippen molar-refractivity contribution in [3.05, 3.63) is 53.0 Å². The monoisotopic (exact) mass is 215 g/mol. The molecule has 0 atom stereocenters. The molecule has 1 heterocycles. The van der Waals surface area contributed by atoms with Crippen LogP contribution in [-0.4, -0.2) is 11.6 Å². The van der Waals surface area contributed by atoms with Gasteiger partial charge in [0.25, 0.3) is 5.56 Å². The molecule has 0 spiro atoms. The van der Waals surface area contributed by atoms with E-state index >= 15 is 0 Å². The van der Waals surface area contributed by atoms with Gasteiger partial charge in [-0.05, 0) is 30.5 Å². The molecule has 3 heteroatoms. The fourth-order valence-corrected chi connectivity index (χ4v) is 1.62. The molecule has 2 aromatic rings. The third-order valence-electron chi connectivity index (χ3n) is 2.41. The quantitative estimate of drug-likeness (QED) is 0.799. The first-order chi connectivity index (χ1) is 7.72. The Labute approximate surface area is 93.4 Å². The summed E-state index contributed by atoms with van der Waals surface area (Å²) in [7, 11) is 0. The molecule has 0 saturated heterocycles. The summed E-state index contributed by atoms with van der Waals surface area (Å²) in [5, 5.41) is 1.57. The normalized spacial score (nSPS) is 10.3. The van der Waals surface area contributed by atoms with Crippen molar-refractivity contribution >= 4 is 16.5 Å². The molecule has 1 N–H and O–H groups in total. The van der Waals surface area contributed by atoms with Gasteiger partial charge < -0.3 is 9.72 Å². The molecule has 16 heavy (non-hydrogen) atoms. The Morgan fingerprint density at radius 2 is 2.25 bits per heavy atom. The second kappa shape index (κ2) is 4.23. The number of fused-ring (bicyclic) bond motifs is 1. The number of nitrogens with one attached hydrogen (secondary N) is 1. The van der Waals surface area contributed by atoms with E-state index in [4.69, 9.17) is 4.74 Å². The molecular weight excluding hydrogens is 202 g/mol. The Balaban J connectivity index is 2.53. The molecule has 0 bridgehead atoms. The number of ether oxygens (including phenoxy) is 1. The number of H-pyrrole nitrogens is 1. The highest BCUT2D eigenvalue weighted by Gasteiger charge is 2.02. The Kier molecular flexibility index (Phi) is 2.77. The summed E-state index contributed by atoms with van der Waals surface area (Å²) in [6.07, 6.45) is 1.64. The molecule has 0 amide bonds.